The molecule has 0 bridgehead atoms. The third-order valence-corrected chi connectivity index (χ3v) is 7.26. The molecule has 2 atom stereocenters. The molecule has 3 aromatic rings. The average molecular weight is 602 g/mol. The van der Waals surface area contributed by atoms with Gasteiger partial charge in [0.2, 0.25) is 0 Å². The van der Waals surface area contributed by atoms with Crippen LogP contribution in [0.15, 0.2) is 48.5 Å². The molecule has 212 valence electrons. The van der Waals surface area contributed by atoms with Crippen LogP contribution in [0.2, 0.25) is 10.0 Å². The number of benzene rings is 3. The third kappa shape index (κ3) is 5.16. The number of methoxy groups -OCH3 is 1. The molecule has 0 saturated carbocycles. The summed E-state index contributed by atoms with van der Waals surface area (Å²) in [5.74, 6) is -4.25. The first-order chi connectivity index (χ1) is 18.7. The van der Waals surface area contributed by atoms with E-state index >= 15 is 4.39 Å². The molecule has 1 aliphatic heterocycles. The van der Waals surface area contributed by atoms with Gasteiger partial charge < -0.3 is 24.2 Å². The molecule has 3 aromatic carbocycles. The van der Waals surface area contributed by atoms with Gasteiger partial charge in [0, 0.05) is 35.7 Å². The maximum absolute atomic E-state index is 15.1. The molecular formula is C27H21Cl2F4NO6. The molecule has 7 nitrogen and oxygen atoms in total. The van der Waals surface area contributed by atoms with Crippen molar-refractivity contribution in [3.63, 3.8) is 0 Å². The predicted molar refractivity (Wildman–Crippen MR) is 138 cm³/mol. The highest BCUT2D eigenvalue weighted by Gasteiger charge is 2.60. The topological polar surface area (TPSA) is 85.3 Å². The number of ether oxygens (including phenoxy) is 3. The summed E-state index contributed by atoms with van der Waals surface area (Å²) >= 11 is 12.4. The molecule has 40 heavy (non-hydrogen) atoms. The molecule has 4 rings (SSSR count). The Morgan fingerprint density at radius 2 is 1.70 bits per heavy atom. The Balaban J connectivity index is 1.71. The lowest BCUT2D eigenvalue weighted by Gasteiger charge is -2.38. The Bertz CT molecular complexity index is 1500. The lowest BCUT2D eigenvalue weighted by Crippen LogP contribution is -2.47. The predicted octanol–water partition coefficient (Wildman–Crippen LogP) is 6.62. The Labute approximate surface area is 235 Å². The number of rotatable bonds is 6. The second kappa shape index (κ2) is 10.8. The van der Waals surface area contributed by atoms with E-state index in [0.29, 0.717) is 6.07 Å². The van der Waals surface area contributed by atoms with Gasteiger partial charge in [-0.1, -0.05) is 36.2 Å². The van der Waals surface area contributed by atoms with Gasteiger partial charge in [-0.2, -0.15) is 13.2 Å². The zero-order valence-electron chi connectivity index (χ0n) is 21.1. The summed E-state index contributed by atoms with van der Waals surface area (Å²) < 4.78 is 74.1. The number of amides is 1. The van der Waals surface area contributed by atoms with Gasteiger partial charge >= 0.3 is 12.1 Å². The molecule has 0 unspecified atom stereocenters. The van der Waals surface area contributed by atoms with Gasteiger partial charge in [-0.25, -0.2) is 9.18 Å². The minimum Gasteiger partial charge on any atom is -0.481 e. The van der Waals surface area contributed by atoms with E-state index in [1.807, 2.05) is 0 Å². The van der Waals surface area contributed by atoms with Gasteiger partial charge in [-0.05, 0) is 35.9 Å². The van der Waals surface area contributed by atoms with E-state index in [0.717, 1.165) is 17.9 Å². The number of alkyl halides is 3. The highest BCUT2D eigenvalue weighted by molar-refractivity contribution is 6.33. The number of hydrogen-bond donors (Lipinski definition) is 1. The van der Waals surface area contributed by atoms with Crippen LogP contribution >= 0.6 is 23.2 Å². The van der Waals surface area contributed by atoms with Crippen molar-refractivity contribution in [2.45, 2.75) is 24.6 Å². The first kappa shape index (κ1) is 29.4. The van der Waals surface area contributed by atoms with Crippen molar-refractivity contribution < 1.29 is 46.5 Å². The standard InChI is InChI=1S/C27H21Cl2F4NO6/c1-13(16-6-4-14(8-19(16)28)40-15-5-7-17(20(29)9-15)25(36)38-3)26(37,27(31,32)33)18-10-22-23(11-21(18)30)39-12-24(35)34(22)2/h4-11,13,37H,12H2,1-3H3/t13-,26-/m0/s1. The maximum atomic E-state index is 15.1. The first-order valence-corrected chi connectivity index (χ1v) is 12.3. The lowest BCUT2D eigenvalue weighted by atomic mass is 9.77. The number of anilines is 1. The maximum Gasteiger partial charge on any atom is 0.422 e. The van der Waals surface area contributed by atoms with Gasteiger partial charge in [0.05, 0.1) is 23.4 Å². The van der Waals surface area contributed by atoms with Crippen LogP contribution in [0.3, 0.4) is 0 Å². The van der Waals surface area contributed by atoms with E-state index in [2.05, 4.69) is 4.74 Å². The van der Waals surface area contributed by atoms with Crippen molar-refractivity contribution in [1.29, 1.82) is 0 Å². The monoisotopic (exact) mass is 601 g/mol. The van der Waals surface area contributed by atoms with Crippen LogP contribution in [0.5, 0.6) is 17.2 Å². The summed E-state index contributed by atoms with van der Waals surface area (Å²) in [6, 6.07) is 9.31. The van der Waals surface area contributed by atoms with Crippen LogP contribution in [0.4, 0.5) is 23.2 Å². The average Bonchev–Trinajstić information content (AvgIpc) is 2.89. The SMILES string of the molecule is COC(=O)c1ccc(Oc2ccc([C@H](C)[C@](O)(c3cc4c(cc3F)OCC(=O)N4C)C(F)(F)F)c(Cl)c2)cc1Cl. The second-order valence-corrected chi connectivity index (χ2v) is 9.76. The number of esters is 1. The number of aliphatic hydroxyl groups is 1. The molecule has 0 saturated heterocycles. The number of nitrogens with zero attached hydrogens (tertiary/aromatic N) is 1. The summed E-state index contributed by atoms with van der Waals surface area (Å²) in [6.45, 7) is 0.638. The van der Waals surface area contributed by atoms with Gasteiger partial charge in [0.1, 0.15) is 23.1 Å². The smallest absolute Gasteiger partial charge is 0.422 e. The quantitative estimate of drug-likeness (QED) is 0.252. The van der Waals surface area contributed by atoms with Gasteiger partial charge in [-0.3, -0.25) is 4.79 Å². The minimum absolute atomic E-state index is 0.0424. The van der Waals surface area contributed by atoms with Crippen LogP contribution in [0.25, 0.3) is 0 Å². The fraction of sp³-hybridized carbons (Fsp3) is 0.259. The fourth-order valence-corrected chi connectivity index (χ4v) is 4.92. The lowest BCUT2D eigenvalue weighted by molar-refractivity contribution is -0.275. The van der Waals surface area contributed by atoms with Crippen LogP contribution < -0.4 is 14.4 Å². The summed E-state index contributed by atoms with van der Waals surface area (Å²) in [5.41, 5.74) is -5.05. The molecular weight excluding hydrogens is 581 g/mol. The van der Waals surface area contributed by atoms with Crippen molar-refractivity contribution in [3.8, 4) is 17.2 Å². The minimum atomic E-state index is -5.36. The molecule has 1 aliphatic rings. The third-order valence-electron chi connectivity index (χ3n) is 6.62. The Hall–Kier alpha value is -3.54. The molecule has 0 aliphatic carbocycles. The zero-order valence-corrected chi connectivity index (χ0v) is 22.6. The van der Waals surface area contributed by atoms with Crippen molar-refractivity contribution in [2.75, 3.05) is 25.7 Å². The summed E-state index contributed by atoms with van der Waals surface area (Å²) in [6.07, 6.45) is -5.36. The fourth-order valence-electron chi connectivity index (χ4n) is 4.33. The van der Waals surface area contributed by atoms with E-state index in [-0.39, 0.29) is 44.1 Å². The number of carbonyl (C=O) groups is 2. The van der Waals surface area contributed by atoms with E-state index < -0.39 is 47.6 Å². The van der Waals surface area contributed by atoms with Gasteiger partial charge in [0.25, 0.3) is 5.91 Å². The zero-order chi connectivity index (χ0) is 29.6. The van der Waals surface area contributed by atoms with E-state index in [1.54, 1.807) is 0 Å². The molecule has 1 N–H and O–H groups in total. The molecule has 0 spiro atoms. The molecule has 13 heteroatoms. The molecule has 0 radical (unpaired) electrons. The molecule has 1 amide bonds. The number of halogens is 6. The molecule has 0 aromatic heterocycles. The van der Waals surface area contributed by atoms with Gasteiger partial charge in [-0.15, -0.1) is 0 Å². The number of carbonyl (C=O) groups excluding carboxylic acids is 2. The normalized spacial score (nSPS) is 15.6. The van der Waals surface area contributed by atoms with Crippen LogP contribution in [0.1, 0.15) is 34.3 Å². The molecule has 0 fully saturated rings. The number of hydrogen-bond acceptors (Lipinski definition) is 6. The van der Waals surface area contributed by atoms with Gasteiger partial charge in [0.15, 0.2) is 12.2 Å². The Morgan fingerprint density at radius 3 is 2.27 bits per heavy atom. The van der Waals surface area contributed by atoms with Crippen molar-refractivity contribution in [1.82, 2.24) is 0 Å². The van der Waals surface area contributed by atoms with Crippen LogP contribution in [0, 0.1) is 5.82 Å². The Kier molecular flexibility index (Phi) is 7.94. The number of likely N-dealkylation sites (N-methyl/N-ethyl adjacent to an activating group) is 1. The van der Waals surface area contributed by atoms with E-state index in [9.17, 15) is 27.9 Å². The largest absolute Gasteiger partial charge is 0.481 e. The summed E-state index contributed by atoms with van der Waals surface area (Å²) in [7, 11) is 2.49. The second-order valence-electron chi connectivity index (χ2n) is 8.95. The summed E-state index contributed by atoms with van der Waals surface area (Å²) in [5, 5.41) is 11.0. The van der Waals surface area contributed by atoms with E-state index in [4.69, 9.17) is 32.7 Å². The Morgan fingerprint density at radius 1 is 1.07 bits per heavy atom. The highest BCUT2D eigenvalue weighted by Crippen LogP contribution is 2.52. The van der Waals surface area contributed by atoms with Crippen molar-refractivity contribution in [3.05, 3.63) is 81.1 Å². The van der Waals surface area contributed by atoms with E-state index in [1.165, 1.54) is 50.6 Å². The van der Waals surface area contributed by atoms with Crippen molar-refractivity contribution in [2.24, 2.45) is 0 Å². The van der Waals surface area contributed by atoms with Crippen LogP contribution in [-0.2, 0) is 15.1 Å². The molecule has 1 heterocycles. The highest BCUT2D eigenvalue weighted by atomic mass is 35.5. The van der Waals surface area contributed by atoms with Crippen LogP contribution in [-0.4, -0.2) is 43.9 Å². The summed E-state index contributed by atoms with van der Waals surface area (Å²) in [4.78, 5) is 24.7. The first-order valence-electron chi connectivity index (χ1n) is 11.6. The van der Waals surface area contributed by atoms with Crippen molar-refractivity contribution >= 4 is 40.8 Å². The number of fused-ring (bicyclic) bond motifs is 1.